The van der Waals surface area contributed by atoms with Crippen LogP contribution in [0.4, 0.5) is 16.2 Å². The second-order valence-electron chi connectivity index (χ2n) is 3.50. The highest BCUT2D eigenvalue weighted by atomic mass is 19.1. The minimum absolute atomic E-state index is 0.167. The van der Waals surface area contributed by atoms with Crippen molar-refractivity contribution in [1.82, 2.24) is 9.97 Å². The first kappa shape index (κ1) is 11.3. The van der Waals surface area contributed by atoms with Crippen LogP contribution in [0.15, 0.2) is 29.2 Å². The number of furan rings is 1. The molecule has 0 amide bonds. The fourth-order valence-electron chi connectivity index (χ4n) is 1.43. The van der Waals surface area contributed by atoms with E-state index in [9.17, 15) is 4.39 Å². The molecule has 0 aliphatic heterocycles. The van der Waals surface area contributed by atoms with E-state index in [2.05, 4.69) is 15.4 Å². The Balaban J connectivity index is 2.20. The summed E-state index contributed by atoms with van der Waals surface area (Å²) in [5.74, 6) is 5.01. The van der Waals surface area contributed by atoms with Crippen molar-refractivity contribution in [3.05, 3.63) is 36.2 Å². The molecule has 2 heterocycles. The first-order valence-corrected chi connectivity index (χ1v) is 4.92. The van der Waals surface area contributed by atoms with Gasteiger partial charge in [0, 0.05) is 19.2 Å². The molecule has 0 saturated carbocycles. The molecule has 0 fully saturated rings. The van der Waals surface area contributed by atoms with Gasteiger partial charge in [0.15, 0.2) is 11.6 Å². The van der Waals surface area contributed by atoms with Crippen molar-refractivity contribution in [2.75, 3.05) is 17.4 Å². The molecule has 0 aliphatic rings. The third-order valence-corrected chi connectivity index (χ3v) is 2.22. The van der Waals surface area contributed by atoms with E-state index in [1.165, 1.54) is 0 Å². The highest BCUT2D eigenvalue weighted by Crippen LogP contribution is 2.17. The summed E-state index contributed by atoms with van der Waals surface area (Å²) in [7, 11) is 1.72. The summed E-state index contributed by atoms with van der Waals surface area (Å²) in [5, 5.41) is 0. The van der Waals surface area contributed by atoms with Crippen LogP contribution in [0.1, 0.15) is 5.56 Å². The fourth-order valence-corrected chi connectivity index (χ4v) is 1.43. The number of hydrogen-bond donors (Lipinski definition) is 2. The Labute approximate surface area is 97.2 Å². The first-order chi connectivity index (χ1) is 8.20. The Morgan fingerprint density at radius 3 is 3.06 bits per heavy atom. The zero-order valence-corrected chi connectivity index (χ0v) is 9.22. The lowest BCUT2D eigenvalue weighted by molar-refractivity contribution is 0.563. The molecule has 0 atom stereocenters. The van der Waals surface area contributed by atoms with Crippen LogP contribution in [0.3, 0.4) is 0 Å². The van der Waals surface area contributed by atoms with Crippen molar-refractivity contribution in [3.63, 3.8) is 0 Å². The number of anilines is 2. The van der Waals surface area contributed by atoms with Gasteiger partial charge in [-0.05, 0) is 6.07 Å². The van der Waals surface area contributed by atoms with Gasteiger partial charge in [0.2, 0.25) is 5.95 Å². The molecule has 0 aromatic carbocycles. The van der Waals surface area contributed by atoms with E-state index < -0.39 is 5.82 Å². The summed E-state index contributed by atoms with van der Waals surface area (Å²) >= 11 is 0. The maximum absolute atomic E-state index is 13.5. The Morgan fingerprint density at radius 2 is 2.41 bits per heavy atom. The maximum Gasteiger partial charge on any atom is 0.239 e. The lowest BCUT2D eigenvalue weighted by Crippen LogP contribution is -2.20. The minimum atomic E-state index is -0.505. The summed E-state index contributed by atoms with van der Waals surface area (Å²) in [4.78, 5) is 9.26. The molecular formula is C10H12FN5O. The average Bonchev–Trinajstić information content (AvgIpc) is 2.82. The van der Waals surface area contributed by atoms with E-state index in [0.29, 0.717) is 6.54 Å². The molecule has 17 heavy (non-hydrogen) atoms. The molecule has 0 saturated heterocycles. The molecule has 2 rings (SSSR count). The van der Waals surface area contributed by atoms with E-state index in [0.717, 1.165) is 11.8 Å². The third-order valence-electron chi connectivity index (χ3n) is 2.22. The van der Waals surface area contributed by atoms with Gasteiger partial charge in [-0.1, -0.05) is 0 Å². The van der Waals surface area contributed by atoms with Crippen LogP contribution in [0.25, 0.3) is 0 Å². The second-order valence-corrected chi connectivity index (χ2v) is 3.50. The highest BCUT2D eigenvalue weighted by molar-refractivity contribution is 5.43. The third kappa shape index (κ3) is 2.51. The Bertz CT molecular complexity index is 487. The summed E-state index contributed by atoms with van der Waals surface area (Å²) in [6.45, 7) is 0.481. The van der Waals surface area contributed by atoms with Crippen molar-refractivity contribution in [1.29, 1.82) is 0 Å². The van der Waals surface area contributed by atoms with Gasteiger partial charge < -0.3 is 9.32 Å². The monoisotopic (exact) mass is 237 g/mol. The van der Waals surface area contributed by atoms with Crippen molar-refractivity contribution in [2.24, 2.45) is 5.84 Å². The number of hydrogen-bond acceptors (Lipinski definition) is 6. The normalized spacial score (nSPS) is 10.3. The lowest BCUT2D eigenvalue weighted by Gasteiger charge is -2.17. The topological polar surface area (TPSA) is 80.2 Å². The Kier molecular flexibility index (Phi) is 3.20. The number of nitrogens with two attached hydrogens (primary N) is 1. The summed E-state index contributed by atoms with van der Waals surface area (Å²) < 4.78 is 18.5. The van der Waals surface area contributed by atoms with Gasteiger partial charge in [-0.3, -0.25) is 5.43 Å². The summed E-state index contributed by atoms with van der Waals surface area (Å²) in [6, 6.07) is 1.80. The number of hydrazine groups is 1. The Morgan fingerprint density at radius 1 is 1.59 bits per heavy atom. The average molecular weight is 237 g/mol. The van der Waals surface area contributed by atoms with E-state index in [4.69, 9.17) is 10.3 Å². The van der Waals surface area contributed by atoms with Crippen LogP contribution in [0.5, 0.6) is 0 Å². The van der Waals surface area contributed by atoms with Gasteiger partial charge in [0.05, 0.1) is 18.7 Å². The molecule has 0 aliphatic carbocycles. The van der Waals surface area contributed by atoms with E-state index in [1.54, 1.807) is 30.5 Å². The number of rotatable bonds is 4. The molecule has 0 unspecified atom stereocenters. The van der Waals surface area contributed by atoms with Crippen LogP contribution in [-0.4, -0.2) is 17.0 Å². The smallest absolute Gasteiger partial charge is 0.239 e. The zero-order valence-electron chi connectivity index (χ0n) is 9.22. The zero-order chi connectivity index (χ0) is 12.3. The van der Waals surface area contributed by atoms with Crippen LogP contribution in [0.2, 0.25) is 0 Å². The van der Waals surface area contributed by atoms with Gasteiger partial charge >= 0.3 is 0 Å². The number of aromatic nitrogens is 2. The van der Waals surface area contributed by atoms with Crippen molar-refractivity contribution < 1.29 is 8.81 Å². The molecule has 0 radical (unpaired) electrons. The van der Waals surface area contributed by atoms with Crippen LogP contribution in [-0.2, 0) is 6.54 Å². The van der Waals surface area contributed by atoms with E-state index >= 15 is 0 Å². The standard InChI is InChI=1S/C10H12FN5O/c1-16(5-7-2-3-17-6-7)9-8(11)4-13-10(14-9)15-12/h2-4,6H,5,12H2,1H3,(H,13,14,15). The first-order valence-electron chi connectivity index (χ1n) is 4.92. The molecule has 0 bridgehead atoms. The van der Waals surface area contributed by atoms with Gasteiger partial charge in [0.25, 0.3) is 0 Å². The number of nitrogens with zero attached hydrogens (tertiary/aromatic N) is 3. The van der Waals surface area contributed by atoms with Gasteiger partial charge in [-0.2, -0.15) is 4.98 Å². The van der Waals surface area contributed by atoms with Crippen LogP contribution >= 0.6 is 0 Å². The van der Waals surface area contributed by atoms with Gasteiger partial charge in [0.1, 0.15) is 0 Å². The minimum Gasteiger partial charge on any atom is -0.472 e. The molecule has 2 aromatic rings. The molecule has 90 valence electrons. The predicted molar refractivity (Wildman–Crippen MR) is 60.6 cm³/mol. The largest absolute Gasteiger partial charge is 0.472 e. The van der Waals surface area contributed by atoms with E-state index in [-0.39, 0.29) is 11.8 Å². The van der Waals surface area contributed by atoms with Crippen LogP contribution in [0, 0.1) is 5.82 Å². The van der Waals surface area contributed by atoms with Crippen molar-refractivity contribution in [2.45, 2.75) is 6.54 Å². The quantitative estimate of drug-likeness (QED) is 0.613. The number of halogens is 1. The van der Waals surface area contributed by atoms with Crippen LogP contribution < -0.4 is 16.2 Å². The van der Waals surface area contributed by atoms with Gasteiger partial charge in [-0.25, -0.2) is 15.2 Å². The maximum atomic E-state index is 13.5. The fraction of sp³-hybridized carbons (Fsp3) is 0.200. The number of nitrogen functional groups attached to an aromatic ring is 1. The lowest BCUT2D eigenvalue weighted by atomic mass is 10.3. The molecular weight excluding hydrogens is 225 g/mol. The van der Waals surface area contributed by atoms with E-state index in [1.807, 2.05) is 0 Å². The summed E-state index contributed by atoms with van der Waals surface area (Å²) in [6.07, 6.45) is 4.23. The Hall–Kier alpha value is -2.15. The molecule has 2 aromatic heterocycles. The highest BCUT2D eigenvalue weighted by Gasteiger charge is 2.12. The molecule has 0 spiro atoms. The number of nitrogens with one attached hydrogen (secondary N) is 1. The molecule has 6 nitrogen and oxygen atoms in total. The summed E-state index contributed by atoms with van der Waals surface area (Å²) in [5.41, 5.74) is 3.20. The van der Waals surface area contributed by atoms with Crippen molar-refractivity contribution >= 4 is 11.8 Å². The van der Waals surface area contributed by atoms with Gasteiger partial charge in [-0.15, -0.1) is 0 Å². The molecule has 3 N–H and O–H groups in total. The van der Waals surface area contributed by atoms with Crippen molar-refractivity contribution in [3.8, 4) is 0 Å². The molecule has 7 heteroatoms. The second kappa shape index (κ2) is 4.79. The SMILES string of the molecule is CN(Cc1ccoc1)c1nc(NN)ncc1F. The predicted octanol–water partition coefficient (Wildman–Crippen LogP) is 1.13.